The van der Waals surface area contributed by atoms with Gasteiger partial charge < -0.3 is 5.32 Å². The van der Waals surface area contributed by atoms with Crippen LogP contribution in [0.25, 0.3) is 0 Å². The number of benzene rings is 2. The van der Waals surface area contributed by atoms with Crippen LogP contribution in [0, 0.1) is 0 Å². The minimum absolute atomic E-state index is 0.0773. The van der Waals surface area contributed by atoms with E-state index in [1.165, 1.54) is 6.07 Å². The molecule has 0 aromatic heterocycles. The summed E-state index contributed by atoms with van der Waals surface area (Å²) in [6.07, 6.45) is -4.56. The Morgan fingerprint density at radius 3 is 2.33 bits per heavy atom. The molecule has 0 unspecified atom stereocenters. The average Bonchev–Trinajstić information content (AvgIpc) is 2.90. The zero-order valence-corrected chi connectivity index (χ0v) is 13.3. The van der Waals surface area contributed by atoms with Gasteiger partial charge in [-0.1, -0.05) is 35.9 Å². The summed E-state index contributed by atoms with van der Waals surface area (Å²) >= 11 is 5.57. The van der Waals surface area contributed by atoms with E-state index in [9.17, 15) is 18.0 Å². The number of halogens is 4. The average molecular weight is 355 g/mol. The van der Waals surface area contributed by atoms with Crippen molar-refractivity contribution in [2.75, 3.05) is 11.9 Å². The van der Waals surface area contributed by atoms with Gasteiger partial charge in [0.2, 0.25) is 5.91 Å². The van der Waals surface area contributed by atoms with Gasteiger partial charge in [-0.3, -0.25) is 9.69 Å². The summed E-state index contributed by atoms with van der Waals surface area (Å²) in [5.41, 5.74) is 1.44. The van der Waals surface area contributed by atoms with Crippen LogP contribution in [-0.4, -0.2) is 17.4 Å². The van der Waals surface area contributed by atoms with E-state index in [1.807, 2.05) is 29.2 Å². The number of rotatable bonds is 3. The first-order chi connectivity index (χ1) is 11.3. The fraction of sp³-hybridized carbons (Fsp3) is 0.235. The maximum absolute atomic E-state index is 12.8. The lowest BCUT2D eigenvalue weighted by molar-refractivity contribution is -0.137. The first kappa shape index (κ1) is 16.8. The van der Waals surface area contributed by atoms with Gasteiger partial charge >= 0.3 is 6.18 Å². The molecule has 0 spiro atoms. The van der Waals surface area contributed by atoms with Crippen LogP contribution in [-0.2, 0) is 24.1 Å². The highest BCUT2D eigenvalue weighted by molar-refractivity contribution is 6.31. The number of hydrogen-bond donors (Lipinski definition) is 1. The van der Waals surface area contributed by atoms with Crippen LogP contribution in [0.5, 0.6) is 0 Å². The molecule has 3 nitrogen and oxygen atoms in total. The second-order valence-corrected chi connectivity index (χ2v) is 6.06. The van der Waals surface area contributed by atoms with Crippen molar-refractivity contribution >= 4 is 23.2 Å². The van der Waals surface area contributed by atoms with Gasteiger partial charge in [-0.05, 0) is 29.3 Å². The lowest BCUT2D eigenvalue weighted by atomic mass is 10.1. The van der Waals surface area contributed by atoms with E-state index < -0.39 is 16.8 Å². The van der Waals surface area contributed by atoms with Crippen molar-refractivity contribution in [3.05, 3.63) is 64.2 Å². The number of hydrogen-bond acceptors (Lipinski definition) is 2. The molecule has 0 radical (unpaired) electrons. The Labute approximate surface area is 142 Å². The number of carbonyl (C=O) groups is 1. The minimum Gasteiger partial charge on any atom is -0.325 e. The summed E-state index contributed by atoms with van der Waals surface area (Å²) in [5, 5.41) is 2.10. The van der Waals surface area contributed by atoms with E-state index in [0.717, 1.165) is 23.3 Å². The quantitative estimate of drug-likeness (QED) is 0.890. The van der Waals surface area contributed by atoms with Gasteiger partial charge in [0.15, 0.2) is 0 Å². The predicted octanol–water partition coefficient (Wildman–Crippen LogP) is 4.31. The largest absolute Gasteiger partial charge is 0.417 e. The van der Waals surface area contributed by atoms with Crippen LogP contribution >= 0.6 is 11.6 Å². The summed E-state index contributed by atoms with van der Waals surface area (Å²) in [5.74, 6) is -0.363. The van der Waals surface area contributed by atoms with Gasteiger partial charge in [-0.25, -0.2) is 0 Å². The summed E-state index contributed by atoms with van der Waals surface area (Å²) in [4.78, 5) is 14.0. The van der Waals surface area contributed by atoms with Crippen molar-refractivity contribution in [3.63, 3.8) is 0 Å². The topological polar surface area (TPSA) is 32.3 Å². The molecule has 2 aromatic rings. The predicted molar refractivity (Wildman–Crippen MR) is 85.6 cm³/mol. The lowest BCUT2D eigenvalue weighted by Crippen LogP contribution is -2.29. The number of nitrogens with one attached hydrogen (secondary N) is 1. The Morgan fingerprint density at radius 2 is 1.75 bits per heavy atom. The molecule has 1 heterocycles. The lowest BCUT2D eigenvalue weighted by Gasteiger charge is -2.15. The molecular weight excluding hydrogens is 341 g/mol. The normalized spacial score (nSPS) is 14.5. The molecule has 0 atom stereocenters. The molecule has 0 aliphatic carbocycles. The van der Waals surface area contributed by atoms with Crippen LogP contribution in [0.2, 0.25) is 5.02 Å². The van der Waals surface area contributed by atoms with Crippen LogP contribution in [0.3, 0.4) is 0 Å². The van der Waals surface area contributed by atoms with E-state index in [4.69, 9.17) is 11.6 Å². The zero-order chi connectivity index (χ0) is 17.3. The summed E-state index contributed by atoms with van der Waals surface area (Å²) in [6.45, 7) is 1.41. The number of anilines is 1. The molecular formula is C17H14ClF3N2O. The molecule has 0 fully saturated rings. The van der Waals surface area contributed by atoms with Crippen LogP contribution in [0.4, 0.5) is 18.9 Å². The summed E-state index contributed by atoms with van der Waals surface area (Å²) in [7, 11) is 0. The van der Waals surface area contributed by atoms with Gasteiger partial charge in [-0.2, -0.15) is 13.2 Å². The second kappa shape index (κ2) is 6.45. The van der Waals surface area contributed by atoms with Crippen molar-refractivity contribution in [2.45, 2.75) is 19.3 Å². The highest BCUT2D eigenvalue weighted by Crippen LogP contribution is 2.36. The van der Waals surface area contributed by atoms with Gasteiger partial charge in [0.05, 0.1) is 17.1 Å². The van der Waals surface area contributed by atoms with Crippen molar-refractivity contribution < 1.29 is 18.0 Å². The third-order valence-corrected chi connectivity index (χ3v) is 4.16. The van der Waals surface area contributed by atoms with Crippen molar-refractivity contribution in [2.24, 2.45) is 0 Å². The van der Waals surface area contributed by atoms with Gasteiger partial charge in [0.1, 0.15) is 0 Å². The molecule has 24 heavy (non-hydrogen) atoms. The number of fused-ring (bicyclic) bond motifs is 1. The van der Waals surface area contributed by atoms with Gasteiger partial charge in [0.25, 0.3) is 0 Å². The van der Waals surface area contributed by atoms with Crippen LogP contribution < -0.4 is 5.32 Å². The van der Waals surface area contributed by atoms with E-state index in [0.29, 0.717) is 13.1 Å². The molecule has 7 heteroatoms. The molecule has 2 aromatic carbocycles. The fourth-order valence-corrected chi connectivity index (χ4v) is 2.96. The first-order valence-corrected chi connectivity index (χ1v) is 7.66. The van der Waals surface area contributed by atoms with Gasteiger partial charge in [0, 0.05) is 18.8 Å². The smallest absolute Gasteiger partial charge is 0.325 e. The molecule has 3 rings (SSSR count). The van der Waals surface area contributed by atoms with Crippen LogP contribution in [0.15, 0.2) is 42.5 Å². The third-order valence-electron chi connectivity index (χ3n) is 3.83. The highest BCUT2D eigenvalue weighted by Gasteiger charge is 2.33. The van der Waals surface area contributed by atoms with Crippen molar-refractivity contribution in [1.82, 2.24) is 4.90 Å². The Kier molecular flexibility index (Phi) is 4.51. The molecule has 0 saturated carbocycles. The van der Waals surface area contributed by atoms with Gasteiger partial charge in [-0.15, -0.1) is 0 Å². The van der Waals surface area contributed by atoms with Crippen molar-refractivity contribution in [3.8, 4) is 0 Å². The molecule has 0 saturated heterocycles. The van der Waals surface area contributed by atoms with Crippen molar-refractivity contribution in [1.29, 1.82) is 0 Å². The molecule has 1 aliphatic heterocycles. The number of nitrogens with zero attached hydrogens (tertiary/aromatic N) is 1. The first-order valence-electron chi connectivity index (χ1n) is 7.28. The number of amides is 1. The Balaban J connectivity index is 1.64. The number of carbonyl (C=O) groups excluding carboxylic acids is 1. The molecule has 126 valence electrons. The zero-order valence-electron chi connectivity index (χ0n) is 12.5. The second-order valence-electron chi connectivity index (χ2n) is 5.65. The van der Waals surface area contributed by atoms with E-state index in [-0.39, 0.29) is 18.1 Å². The maximum Gasteiger partial charge on any atom is 0.417 e. The van der Waals surface area contributed by atoms with E-state index in [1.54, 1.807) is 0 Å². The summed E-state index contributed by atoms with van der Waals surface area (Å²) in [6, 6.07) is 11.2. The molecule has 1 aliphatic rings. The number of alkyl halides is 3. The Hall–Kier alpha value is -2.05. The standard InChI is InChI=1S/C17H14ClF3N2O/c18-15-6-5-13(7-14(15)17(19,20)21)22-16(24)10-23-8-11-3-1-2-4-12(11)9-23/h1-7H,8-10H2,(H,22,24). The van der Waals surface area contributed by atoms with Crippen LogP contribution in [0.1, 0.15) is 16.7 Å². The Morgan fingerprint density at radius 1 is 1.12 bits per heavy atom. The SMILES string of the molecule is O=C(CN1Cc2ccccc2C1)Nc1ccc(Cl)c(C(F)(F)F)c1. The maximum atomic E-state index is 12.8. The fourth-order valence-electron chi connectivity index (χ4n) is 2.74. The third kappa shape index (κ3) is 3.71. The van der Waals surface area contributed by atoms with E-state index >= 15 is 0 Å². The van der Waals surface area contributed by atoms with E-state index in [2.05, 4.69) is 5.32 Å². The highest BCUT2D eigenvalue weighted by atomic mass is 35.5. The molecule has 1 N–H and O–H groups in total. The minimum atomic E-state index is -4.56. The summed E-state index contributed by atoms with van der Waals surface area (Å²) < 4.78 is 38.5. The molecule has 1 amide bonds. The monoisotopic (exact) mass is 354 g/mol. The molecule has 0 bridgehead atoms. The Bertz CT molecular complexity index is 752.